The molecule has 9 heteroatoms. The fraction of sp³-hybridized carbons (Fsp3) is 0.115. The minimum Gasteiger partial charge on any atom is -0.478 e. The molecule has 1 heterocycles. The summed E-state index contributed by atoms with van der Waals surface area (Å²) < 4.78 is 29.7. The standard InChI is InChI=1S/C26H21F2N3O4/c27-26(28)13-14-31(22-8-4-2-5-18(22)20(26)15-23(32)33)25(35)16-9-11-17(12-10-16)30-24(34)19-6-1-3-7-21(19)29/h1-12,15H,13-14,29H2,(H,30,34)(H,32,33)/b20-15-. The summed E-state index contributed by atoms with van der Waals surface area (Å²) in [7, 11) is 0. The van der Waals surface area contributed by atoms with Gasteiger partial charge in [0, 0.05) is 47.1 Å². The first-order valence-corrected chi connectivity index (χ1v) is 10.7. The Balaban J connectivity index is 1.61. The van der Waals surface area contributed by atoms with Crippen LogP contribution in [0.1, 0.15) is 32.7 Å². The van der Waals surface area contributed by atoms with E-state index >= 15 is 0 Å². The van der Waals surface area contributed by atoms with Gasteiger partial charge in [0.2, 0.25) is 0 Å². The highest BCUT2D eigenvalue weighted by Gasteiger charge is 2.41. The minimum atomic E-state index is -3.43. The summed E-state index contributed by atoms with van der Waals surface area (Å²) in [6, 6.07) is 18.6. The molecule has 0 saturated heterocycles. The molecule has 3 aromatic rings. The van der Waals surface area contributed by atoms with Crippen LogP contribution in [0, 0.1) is 0 Å². The van der Waals surface area contributed by atoms with Gasteiger partial charge in [0.25, 0.3) is 17.7 Å². The van der Waals surface area contributed by atoms with Crippen LogP contribution < -0.4 is 16.0 Å². The van der Waals surface area contributed by atoms with Crippen LogP contribution in [0.2, 0.25) is 0 Å². The summed E-state index contributed by atoms with van der Waals surface area (Å²) in [6.07, 6.45) is -0.247. The van der Waals surface area contributed by atoms with Gasteiger partial charge < -0.3 is 21.1 Å². The van der Waals surface area contributed by atoms with Crippen molar-refractivity contribution in [3.63, 3.8) is 0 Å². The maximum absolute atomic E-state index is 14.8. The van der Waals surface area contributed by atoms with E-state index in [9.17, 15) is 23.2 Å². The number of hydrogen-bond acceptors (Lipinski definition) is 4. The first-order chi connectivity index (χ1) is 16.7. The highest BCUT2D eigenvalue weighted by atomic mass is 19.3. The molecule has 3 aromatic carbocycles. The average molecular weight is 477 g/mol. The van der Waals surface area contributed by atoms with Crippen LogP contribution in [0.5, 0.6) is 0 Å². The number of carbonyl (C=O) groups is 3. The maximum Gasteiger partial charge on any atom is 0.328 e. The molecule has 1 aliphatic rings. The molecule has 35 heavy (non-hydrogen) atoms. The number of nitrogens with zero attached hydrogens (tertiary/aromatic N) is 1. The summed E-state index contributed by atoms with van der Waals surface area (Å²) in [4.78, 5) is 38.2. The fourth-order valence-electron chi connectivity index (χ4n) is 3.91. The first-order valence-electron chi connectivity index (χ1n) is 10.7. The zero-order chi connectivity index (χ0) is 25.2. The van der Waals surface area contributed by atoms with Crippen LogP contribution in [0.15, 0.2) is 78.9 Å². The van der Waals surface area contributed by atoms with E-state index in [2.05, 4.69) is 5.32 Å². The molecule has 1 aliphatic heterocycles. The molecule has 0 radical (unpaired) electrons. The van der Waals surface area contributed by atoms with Crippen molar-refractivity contribution in [2.45, 2.75) is 12.3 Å². The van der Waals surface area contributed by atoms with Crippen LogP contribution in [-0.4, -0.2) is 35.4 Å². The molecule has 0 aromatic heterocycles. The lowest BCUT2D eigenvalue weighted by molar-refractivity contribution is -0.131. The predicted molar refractivity (Wildman–Crippen MR) is 129 cm³/mol. The number of benzene rings is 3. The Morgan fingerprint density at radius 2 is 1.63 bits per heavy atom. The predicted octanol–water partition coefficient (Wildman–Crippen LogP) is 4.67. The molecule has 0 unspecified atom stereocenters. The van der Waals surface area contributed by atoms with Crippen LogP contribution in [0.25, 0.3) is 5.57 Å². The Bertz CT molecular complexity index is 1340. The summed E-state index contributed by atoms with van der Waals surface area (Å²) >= 11 is 0. The molecule has 4 N–H and O–H groups in total. The Morgan fingerprint density at radius 1 is 0.971 bits per heavy atom. The second kappa shape index (κ2) is 9.38. The Kier molecular flexibility index (Phi) is 6.33. The number of para-hydroxylation sites is 2. The minimum absolute atomic E-state index is 0.0184. The van der Waals surface area contributed by atoms with E-state index in [1.165, 1.54) is 47.4 Å². The van der Waals surface area contributed by atoms with Crippen LogP contribution in [0.4, 0.5) is 25.8 Å². The summed E-state index contributed by atoms with van der Waals surface area (Å²) in [5.41, 5.74) is 6.62. The topological polar surface area (TPSA) is 113 Å². The number of nitrogens with two attached hydrogens (primary N) is 1. The zero-order valence-corrected chi connectivity index (χ0v) is 18.4. The smallest absolute Gasteiger partial charge is 0.328 e. The fourth-order valence-corrected chi connectivity index (χ4v) is 3.91. The van der Waals surface area contributed by atoms with Crippen molar-refractivity contribution < 1.29 is 28.3 Å². The number of alkyl halides is 2. The van der Waals surface area contributed by atoms with E-state index in [1.807, 2.05) is 0 Å². The number of fused-ring (bicyclic) bond motifs is 1. The third kappa shape index (κ3) is 4.89. The molecule has 2 amide bonds. The number of hydrogen-bond donors (Lipinski definition) is 3. The highest BCUT2D eigenvalue weighted by molar-refractivity contribution is 6.10. The van der Waals surface area contributed by atoms with E-state index in [0.717, 1.165) is 0 Å². The van der Waals surface area contributed by atoms with E-state index in [0.29, 0.717) is 23.0 Å². The van der Waals surface area contributed by atoms with Gasteiger partial charge in [-0.2, -0.15) is 0 Å². The molecular formula is C26H21F2N3O4. The monoisotopic (exact) mass is 477 g/mol. The molecule has 4 rings (SSSR count). The van der Waals surface area contributed by atoms with Crippen LogP contribution in [0.3, 0.4) is 0 Å². The molecule has 0 atom stereocenters. The lowest BCUT2D eigenvalue weighted by Crippen LogP contribution is -2.33. The second-order valence-corrected chi connectivity index (χ2v) is 7.94. The number of carboxylic acids is 1. The van der Waals surface area contributed by atoms with Gasteiger partial charge in [-0.1, -0.05) is 30.3 Å². The van der Waals surface area contributed by atoms with Crippen LogP contribution >= 0.6 is 0 Å². The number of aliphatic carboxylic acids is 1. The first kappa shape index (κ1) is 23.6. The summed E-state index contributed by atoms with van der Waals surface area (Å²) in [6.45, 7) is -0.314. The van der Waals surface area contributed by atoms with Gasteiger partial charge in [-0.05, 0) is 42.5 Å². The number of anilines is 3. The quantitative estimate of drug-likeness (QED) is 0.373. The molecular weight excluding hydrogens is 456 g/mol. The van der Waals surface area contributed by atoms with Crippen molar-refractivity contribution in [2.24, 2.45) is 0 Å². The average Bonchev–Trinajstić information content (AvgIpc) is 2.93. The Hall–Kier alpha value is -4.53. The third-order valence-corrected chi connectivity index (χ3v) is 5.64. The summed E-state index contributed by atoms with van der Waals surface area (Å²) in [5, 5.41) is 11.8. The Labute approximate surface area is 199 Å². The SMILES string of the molecule is Nc1ccccc1C(=O)Nc1ccc(C(=O)N2CCC(F)(F)/C(=C\C(=O)O)c3ccccc32)cc1. The van der Waals surface area contributed by atoms with Crippen molar-refractivity contribution >= 4 is 40.4 Å². The number of nitrogens with one attached hydrogen (secondary N) is 1. The molecule has 0 bridgehead atoms. The van der Waals surface area contributed by atoms with Crippen molar-refractivity contribution in [3.8, 4) is 0 Å². The van der Waals surface area contributed by atoms with E-state index in [1.54, 1.807) is 30.3 Å². The number of nitrogen functional groups attached to an aromatic ring is 1. The number of carbonyl (C=O) groups excluding carboxylic acids is 2. The maximum atomic E-state index is 14.8. The number of halogens is 2. The molecule has 178 valence electrons. The number of rotatable bonds is 4. The molecule has 0 saturated carbocycles. The zero-order valence-electron chi connectivity index (χ0n) is 18.4. The van der Waals surface area contributed by atoms with Gasteiger partial charge in [-0.15, -0.1) is 0 Å². The third-order valence-electron chi connectivity index (χ3n) is 5.64. The van der Waals surface area contributed by atoms with E-state index in [-0.39, 0.29) is 23.4 Å². The number of carboxylic acid groups (broad SMARTS) is 1. The van der Waals surface area contributed by atoms with Gasteiger partial charge in [-0.3, -0.25) is 9.59 Å². The van der Waals surface area contributed by atoms with Crippen LogP contribution in [-0.2, 0) is 4.79 Å². The second-order valence-electron chi connectivity index (χ2n) is 7.94. The van der Waals surface area contributed by atoms with E-state index < -0.39 is 35.7 Å². The molecule has 0 aliphatic carbocycles. The van der Waals surface area contributed by atoms with Crippen molar-refractivity contribution in [1.82, 2.24) is 0 Å². The lowest BCUT2D eigenvalue weighted by atomic mass is 9.97. The van der Waals surface area contributed by atoms with Gasteiger partial charge in [0.1, 0.15) is 0 Å². The lowest BCUT2D eigenvalue weighted by Gasteiger charge is -2.23. The molecule has 0 fully saturated rings. The largest absolute Gasteiger partial charge is 0.478 e. The van der Waals surface area contributed by atoms with Crippen molar-refractivity contribution in [2.75, 3.05) is 22.5 Å². The number of amides is 2. The number of allylic oxidation sites excluding steroid dienone is 1. The Morgan fingerprint density at radius 3 is 2.31 bits per heavy atom. The van der Waals surface area contributed by atoms with E-state index in [4.69, 9.17) is 10.8 Å². The van der Waals surface area contributed by atoms with Gasteiger partial charge in [0.15, 0.2) is 0 Å². The molecule has 0 spiro atoms. The van der Waals surface area contributed by atoms with Gasteiger partial charge in [0.05, 0.1) is 11.3 Å². The molecule has 7 nitrogen and oxygen atoms in total. The van der Waals surface area contributed by atoms with Crippen molar-refractivity contribution in [1.29, 1.82) is 0 Å². The van der Waals surface area contributed by atoms with Gasteiger partial charge in [-0.25, -0.2) is 13.6 Å². The van der Waals surface area contributed by atoms with Crippen molar-refractivity contribution in [3.05, 3.63) is 95.6 Å². The normalized spacial score (nSPS) is 15.7. The van der Waals surface area contributed by atoms with Gasteiger partial charge >= 0.3 is 5.97 Å². The highest BCUT2D eigenvalue weighted by Crippen LogP contribution is 2.43. The summed E-state index contributed by atoms with van der Waals surface area (Å²) in [5.74, 6) is -5.88.